The molecule has 1 heterocycles. The number of hydrogen-bond acceptors (Lipinski definition) is 2. The van der Waals surface area contributed by atoms with E-state index < -0.39 is 0 Å². The predicted molar refractivity (Wildman–Crippen MR) is 96.4 cm³/mol. The van der Waals surface area contributed by atoms with Gasteiger partial charge in [0.25, 0.3) is 0 Å². The summed E-state index contributed by atoms with van der Waals surface area (Å²) in [5, 5.41) is 2.82. The van der Waals surface area contributed by atoms with Crippen LogP contribution in [-0.4, -0.2) is 31.1 Å². The lowest BCUT2D eigenvalue weighted by atomic mass is 9.90. The van der Waals surface area contributed by atoms with Crippen LogP contribution < -0.4 is 10.1 Å². The van der Waals surface area contributed by atoms with Crippen LogP contribution in [0.15, 0.2) is 48.5 Å². The second kappa shape index (κ2) is 8.01. The maximum absolute atomic E-state index is 12.9. The number of hydrogen-bond donors (Lipinski definition) is 1. The van der Waals surface area contributed by atoms with Gasteiger partial charge in [0, 0.05) is 18.8 Å². The van der Waals surface area contributed by atoms with Crippen LogP contribution in [-0.2, 0) is 6.42 Å². The largest absolute Gasteiger partial charge is 0.497 e. The number of halogens is 1. The normalized spacial score (nSPS) is 15.0. The first-order valence-corrected chi connectivity index (χ1v) is 8.58. The molecule has 4 nitrogen and oxygen atoms in total. The highest BCUT2D eigenvalue weighted by Crippen LogP contribution is 2.23. The third kappa shape index (κ3) is 4.72. The van der Waals surface area contributed by atoms with Crippen molar-refractivity contribution in [1.29, 1.82) is 0 Å². The van der Waals surface area contributed by atoms with Gasteiger partial charge >= 0.3 is 6.03 Å². The van der Waals surface area contributed by atoms with Gasteiger partial charge < -0.3 is 15.0 Å². The Hall–Kier alpha value is -2.56. The van der Waals surface area contributed by atoms with Gasteiger partial charge in [0.05, 0.1) is 7.11 Å². The highest BCUT2D eigenvalue weighted by atomic mass is 19.1. The Kier molecular flexibility index (Phi) is 5.53. The minimum Gasteiger partial charge on any atom is -0.497 e. The quantitative estimate of drug-likeness (QED) is 0.899. The number of methoxy groups -OCH3 is 1. The molecular formula is C20H23FN2O2. The Labute approximate surface area is 147 Å². The van der Waals surface area contributed by atoms with Gasteiger partial charge in [0.1, 0.15) is 11.6 Å². The molecule has 0 atom stereocenters. The van der Waals surface area contributed by atoms with E-state index >= 15 is 0 Å². The van der Waals surface area contributed by atoms with Gasteiger partial charge in [-0.15, -0.1) is 0 Å². The summed E-state index contributed by atoms with van der Waals surface area (Å²) >= 11 is 0. The second-order valence-electron chi connectivity index (χ2n) is 6.42. The molecule has 0 unspecified atom stereocenters. The predicted octanol–water partition coefficient (Wildman–Crippen LogP) is 4.32. The third-order valence-electron chi connectivity index (χ3n) is 4.68. The molecule has 1 saturated heterocycles. The smallest absolute Gasteiger partial charge is 0.321 e. The van der Waals surface area contributed by atoms with Gasteiger partial charge in [-0.1, -0.05) is 12.1 Å². The molecule has 0 aromatic heterocycles. The van der Waals surface area contributed by atoms with E-state index in [4.69, 9.17) is 4.74 Å². The van der Waals surface area contributed by atoms with Crippen LogP contribution in [0.1, 0.15) is 18.4 Å². The zero-order valence-electron chi connectivity index (χ0n) is 14.4. The highest BCUT2D eigenvalue weighted by Gasteiger charge is 2.23. The maximum Gasteiger partial charge on any atom is 0.321 e. The molecule has 0 spiro atoms. The number of anilines is 1. The lowest BCUT2D eigenvalue weighted by Crippen LogP contribution is -2.41. The Morgan fingerprint density at radius 3 is 2.36 bits per heavy atom. The van der Waals surface area contributed by atoms with E-state index in [1.807, 2.05) is 17.0 Å². The summed E-state index contributed by atoms with van der Waals surface area (Å²) in [5.41, 5.74) is 1.92. The average molecular weight is 342 g/mol. The molecule has 2 aromatic rings. The van der Waals surface area contributed by atoms with Crippen LogP contribution in [0.3, 0.4) is 0 Å². The Bertz CT molecular complexity index is 693. The summed E-state index contributed by atoms with van der Waals surface area (Å²) in [6, 6.07) is 13.9. The van der Waals surface area contributed by atoms with Crippen molar-refractivity contribution in [3.63, 3.8) is 0 Å². The molecule has 2 aromatic carbocycles. The topological polar surface area (TPSA) is 41.6 Å². The Balaban J connectivity index is 1.47. The molecule has 1 fully saturated rings. The summed E-state index contributed by atoms with van der Waals surface area (Å²) in [7, 11) is 1.67. The highest BCUT2D eigenvalue weighted by molar-refractivity contribution is 5.89. The molecule has 0 aliphatic carbocycles. The number of nitrogens with one attached hydrogen (secondary N) is 1. The van der Waals surface area contributed by atoms with E-state index in [-0.39, 0.29) is 11.8 Å². The van der Waals surface area contributed by atoms with Crippen LogP contribution in [0.5, 0.6) is 5.75 Å². The average Bonchev–Trinajstić information content (AvgIpc) is 2.65. The first kappa shape index (κ1) is 17.3. The van der Waals surface area contributed by atoms with Crippen molar-refractivity contribution in [2.75, 3.05) is 25.5 Å². The van der Waals surface area contributed by atoms with Gasteiger partial charge in [-0.2, -0.15) is 0 Å². The van der Waals surface area contributed by atoms with Crippen LogP contribution in [0.4, 0.5) is 14.9 Å². The number of carbonyl (C=O) groups is 1. The number of rotatable bonds is 4. The molecule has 1 N–H and O–H groups in total. The molecule has 3 rings (SSSR count). The van der Waals surface area contributed by atoms with Crippen molar-refractivity contribution in [3.05, 3.63) is 59.9 Å². The summed E-state index contributed by atoms with van der Waals surface area (Å²) in [4.78, 5) is 14.1. The number of carbonyl (C=O) groups excluding carboxylic acids is 1. The van der Waals surface area contributed by atoms with E-state index in [9.17, 15) is 9.18 Å². The minimum atomic E-state index is -0.308. The molecule has 1 aliphatic heterocycles. The monoisotopic (exact) mass is 342 g/mol. The molecule has 0 saturated carbocycles. The van der Waals surface area contributed by atoms with Crippen LogP contribution in [0.2, 0.25) is 0 Å². The number of ether oxygens (including phenoxy) is 1. The van der Waals surface area contributed by atoms with Gasteiger partial charge in [0.15, 0.2) is 0 Å². The van der Waals surface area contributed by atoms with E-state index in [1.165, 1.54) is 17.7 Å². The molecular weight excluding hydrogens is 319 g/mol. The third-order valence-corrected chi connectivity index (χ3v) is 4.68. The van der Waals surface area contributed by atoms with Gasteiger partial charge in [-0.25, -0.2) is 9.18 Å². The van der Waals surface area contributed by atoms with Crippen molar-refractivity contribution in [2.24, 2.45) is 5.92 Å². The molecule has 2 amide bonds. The second-order valence-corrected chi connectivity index (χ2v) is 6.42. The van der Waals surface area contributed by atoms with E-state index in [2.05, 4.69) is 17.4 Å². The van der Waals surface area contributed by atoms with E-state index in [0.29, 0.717) is 11.6 Å². The number of amides is 2. The first-order chi connectivity index (χ1) is 12.1. The number of benzene rings is 2. The number of piperidine rings is 1. The van der Waals surface area contributed by atoms with Crippen molar-refractivity contribution in [3.8, 4) is 5.75 Å². The van der Waals surface area contributed by atoms with E-state index in [0.717, 1.165) is 38.1 Å². The maximum atomic E-state index is 12.9. The summed E-state index contributed by atoms with van der Waals surface area (Å²) in [6.07, 6.45) is 3.00. The Morgan fingerprint density at radius 2 is 1.76 bits per heavy atom. The standard InChI is InChI=1S/C20H23FN2O2/c1-25-19-8-2-15(3-9-19)14-16-10-12-23(13-11-16)20(24)22-18-6-4-17(21)5-7-18/h2-9,16H,10-14H2,1H3,(H,22,24). The summed E-state index contributed by atoms with van der Waals surface area (Å²) in [6.45, 7) is 1.49. The minimum absolute atomic E-state index is 0.116. The van der Waals surface area contributed by atoms with Crippen molar-refractivity contribution in [2.45, 2.75) is 19.3 Å². The SMILES string of the molecule is COc1ccc(CC2CCN(C(=O)Nc3ccc(F)cc3)CC2)cc1. The molecule has 132 valence electrons. The fraction of sp³-hybridized carbons (Fsp3) is 0.350. The zero-order chi connectivity index (χ0) is 17.6. The number of urea groups is 1. The first-order valence-electron chi connectivity index (χ1n) is 8.58. The number of nitrogens with zero attached hydrogens (tertiary/aromatic N) is 1. The van der Waals surface area contributed by atoms with Crippen LogP contribution >= 0.6 is 0 Å². The Morgan fingerprint density at radius 1 is 1.12 bits per heavy atom. The molecule has 0 radical (unpaired) electrons. The fourth-order valence-electron chi connectivity index (χ4n) is 3.17. The van der Waals surface area contributed by atoms with E-state index in [1.54, 1.807) is 19.2 Å². The van der Waals surface area contributed by atoms with Gasteiger partial charge in [0.2, 0.25) is 0 Å². The lowest BCUT2D eigenvalue weighted by molar-refractivity contribution is 0.182. The van der Waals surface area contributed by atoms with Crippen molar-refractivity contribution >= 4 is 11.7 Å². The van der Waals surface area contributed by atoms with Crippen LogP contribution in [0.25, 0.3) is 0 Å². The molecule has 5 heteroatoms. The molecule has 1 aliphatic rings. The fourth-order valence-corrected chi connectivity index (χ4v) is 3.17. The van der Waals surface area contributed by atoms with Crippen LogP contribution in [0, 0.1) is 11.7 Å². The lowest BCUT2D eigenvalue weighted by Gasteiger charge is -2.32. The van der Waals surface area contributed by atoms with Crippen molar-refractivity contribution in [1.82, 2.24) is 4.90 Å². The molecule has 25 heavy (non-hydrogen) atoms. The molecule has 0 bridgehead atoms. The van der Waals surface area contributed by atoms with Crippen molar-refractivity contribution < 1.29 is 13.9 Å². The zero-order valence-corrected chi connectivity index (χ0v) is 14.4. The number of likely N-dealkylation sites (tertiary alicyclic amines) is 1. The summed E-state index contributed by atoms with van der Waals surface area (Å²) in [5.74, 6) is 1.15. The van der Waals surface area contributed by atoms with Gasteiger partial charge in [-0.05, 0) is 67.1 Å². The van der Waals surface area contributed by atoms with Gasteiger partial charge in [-0.3, -0.25) is 0 Å². The summed E-state index contributed by atoms with van der Waals surface area (Å²) < 4.78 is 18.1.